The van der Waals surface area contributed by atoms with Gasteiger partial charge in [0.25, 0.3) is 0 Å². The molecule has 0 spiro atoms. The van der Waals surface area contributed by atoms with Crippen LogP contribution < -0.4 is 0 Å². The van der Waals surface area contributed by atoms with Crippen molar-refractivity contribution in [2.75, 3.05) is 0 Å². The van der Waals surface area contributed by atoms with E-state index in [4.69, 9.17) is 0 Å². The number of carbonyl (C=O) groups is 2. The summed E-state index contributed by atoms with van der Waals surface area (Å²) < 4.78 is 0. The van der Waals surface area contributed by atoms with Gasteiger partial charge in [-0.25, -0.2) is 9.59 Å². The Morgan fingerprint density at radius 1 is 0.885 bits per heavy atom. The number of nitro groups is 2. The molecule has 2 aromatic carbocycles. The Morgan fingerprint density at radius 3 is 1.92 bits per heavy atom. The molecular weight excluding hydrogens is 348 g/mol. The average molecular weight is 358 g/mol. The molecule has 2 N–H and O–H groups in total. The lowest BCUT2D eigenvalue weighted by atomic mass is 9.96. The largest absolute Gasteiger partial charge is 0.478 e. The van der Waals surface area contributed by atoms with Crippen LogP contribution in [0.25, 0.3) is 12.2 Å². The second-order valence-electron chi connectivity index (χ2n) is 4.95. The maximum Gasteiger partial charge on any atom is 0.361 e. The van der Waals surface area contributed by atoms with E-state index in [2.05, 4.69) is 0 Å². The van der Waals surface area contributed by atoms with Gasteiger partial charge in [-0.2, -0.15) is 0 Å². The second-order valence-corrected chi connectivity index (χ2v) is 4.95. The molecule has 0 aliphatic heterocycles. The van der Waals surface area contributed by atoms with Crippen LogP contribution in [0.4, 0.5) is 11.4 Å². The number of nitro benzene ring substituents is 2. The third-order valence-corrected chi connectivity index (χ3v) is 3.37. The fraction of sp³-hybridized carbons (Fsp3) is 0. The minimum absolute atomic E-state index is 0.337. The molecule has 0 aromatic heterocycles. The van der Waals surface area contributed by atoms with Gasteiger partial charge in [-0.1, -0.05) is 42.5 Å². The zero-order valence-electron chi connectivity index (χ0n) is 12.9. The van der Waals surface area contributed by atoms with E-state index in [1.54, 1.807) is 30.3 Å². The van der Waals surface area contributed by atoms with Crippen LogP contribution in [0.15, 0.2) is 36.4 Å². The van der Waals surface area contributed by atoms with Crippen molar-refractivity contribution in [3.8, 4) is 0 Å². The van der Waals surface area contributed by atoms with Crippen molar-refractivity contribution in [1.29, 1.82) is 0 Å². The van der Waals surface area contributed by atoms with E-state index in [9.17, 15) is 40.0 Å². The Labute approximate surface area is 144 Å². The van der Waals surface area contributed by atoms with Crippen LogP contribution >= 0.6 is 0 Å². The van der Waals surface area contributed by atoms with E-state index in [1.165, 1.54) is 6.08 Å². The summed E-state index contributed by atoms with van der Waals surface area (Å²) >= 11 is 0. The van der Waals surface area contributed by atoms with Crippen LogP contribution in [0.5, 0.6) is 0 Å². The van der Waals surface area contributed by atoms with E-state index >= 15 is 0 Å². The molecule has 0 amide bonds. The highest BCUT2D eigenvalue weighted by Crippen LogP contribution is 2.36. The molecule has 0 aliphatic rings. The van der Waals surface area contributed by atoms with Crippen molar-refractivity contribution >= 4 is 35.5 Å². The maximum absolute atomic E-state index is 11.5. The average Bonchev–Trinajstić information content (AvgIpc) is 2.58. The van der Waals surface area contributed by atoms with Gasteiger partial charge in [0.15, 0.2) is 5.56 Å². The zero-order valence-corrected chi connectivity index (χ0v) is 12.9. The summed E-state index contributed by atoms with van der Waals surface area (Å²) in [5, 5.41) is 40.9. The lowest BCUT2D eigenvalue weighted by molar-refractivity contribution is -0.422. The summed E-state index contributed by atoms with van der Waals surface area (Å²) in [7, 11) is 0. The summed E-state index contributed by atoms with van der Waals surface area (Å²) in [6.07, 6.45) is 2.56. The molecule has 0 fully saturated rings. The van der Waals surface area contributed by atoms with Gasteiger partial charge in [0.05, 0.1) is 15.4 Å². The highest BCUT2D eigenvalue weighted by molar-refractivity contribution is 6.09. The molecule has 10 heteroatoms. The number of hydrogen-bond acceptors (Lipinski definition) is 6. The Kier molecular flexibility index (Phi) is 5.07. The van der Waals surface area contributed by atoms with Gasteiger partial charge in [-0.3, -0.25) is 20.2 Å². The molecule has 0 aliphatic carbocycles. The number of carboxylic acids is 2. The van der Waals surface area contributed by atoms with Gasteiger partial charge >= 0.3 is 23.3 Å². The van der Waals surface area contributed by atoms with Crippen LogP contribution in [-0.4, -0.2) is 32.0 Å². The number of hydrogen-bond donors (Lipinski definition) is 2. The SMILES string of the molecule is O=C(O)c1c(C=Cc2ccccc2)cc([N+](=O)[O-])c([N+](=O)[O-])c1C(=O)O. The standard InChI is InChI=1S/C16H10N2O8/c19-15(20)12-10(7-6-9-4-2-1-3-5-9)8-11(17(23)24)14(18(25)26)13(12)16(21)22/h1-8H,(H,19,20)(H,21,22). The quantitative estimate of drug-likeness (QED) is 0.452. The Balaban J connectivity index is 2.85. The first kappa shape index (κ1) is 18.3. The van der Waals surface area contributed by atoms with E-state index in [0.29, 0.717) is 11.6 Å². The fourth-order valence-electron chi connectivity index (χ4n) is 2.32. The normalized spacial score (nSPS) is 10.6. The van der Waals surface area contributed by atoms with Gasteiger partial charge in [0.2, 0.25) is 0 Å². The van der Waals surface area contributed by atoms with Crippen LogP contribution in [-0.2, 0) is 0 Å². The summed E-state index contributed by atoms with van der Waals surface area (Å²) in [6, 6.07) is 9.12. The predicted molar refractivity (Wildman–Crippen MR) is 89.0 cm³/mol. The van der Waals surface area contributed by atoms with Crippen LogP contribution in [0, 0.1) is 20.2 Å². The Morgan fingerprint density at radius 2 is 1.46 bits per heavy atom. The van der Waals surface area contributed by atoms with E-state index in [0.717, 1.165) is 6.08 Å². The molecule has 26 heavy (non-hydrogen) atoms. The molecule has 132 valence electrons. The summed E-state index contributed by atoms with van der Waals surface area (Å²) in [6.45, 7) is 0. The van der Waals surface area contributed by atoms with Crippen molar-refractivity contribution in [2.24, 2.45) is 0 Å². The number of rotatable bonds is 6. The van der Waals surface area contributed by atoms with Gasteiger partial charge in [-0.05, 0) is 11.1 Å². The van der Waals surface area contributed by atoms with Crippen LogP contribution in [0.2, 0.25) is 0 Å². The first-order chi connectivity index (χ1) is 12.2. The number of aromatic carboxylic acids is 2. The zero-order chi connectivity index (χ0) is 19.4. The predicted octanol–water partition coefficient (Wildman–Crippen LogP) is 3.07. The lowest BCUT2D eigenvalue weighted by Gasteiger charge is -2.07. The molecule has 2 rings (SSSR count). The molecule has 0 unspecified atom stereocenters. The van der Waals surface area contributed by atoms with Crippen LogP contribution in [0.1, 0.15) is 31.8 Å². The van der Waals surface area contributed by atoms with Crippen molar-refractivity contribution in [1.82, 2.24) is 0 Å². The molecule has 0 atom stereocenters. The van der Waals surface area contributed by atoms with Crippen molar-refractivity contribution < 1.29 is 29.6 Å². The molecule has 0 radical (unpaired) electrons. The fourth-order valence-corrected chi connectivity index (χ4v) is 2.32. The van der Waals surface area contributed by atoms with E-state index in [1.807, 2.05) is 0 Å². The monoisotopic (exact) mass is 358 g/mol. The van der Waals surface area contributed by atoms with Gasteiger partial charge in [0, 0.05) is 6.07 Å². The third kappa shape index (κ3) is 3.53. The molecule has 0 saturated heterocycles. The van der Waals surface area contributed by atoms with E-state index < -0.39 is 44.3 Å². The second kappa shape index (κ2) is 7.21. The topological polar surface area (TPSA) is 161 Å². The van der Waals surface area contributed by atoms with E-state index in [-0.39, 0.29) is 5.56 Å². The number of benzene rings is 2. The van der Waals surface area contributed by atoms with Gasteiger partial charge in [-0.15, -0.1) is 0 Å². The van der Waals surface area contributed by atoms with Crippen molar-refractivity contribution in [3.63, 3.8) is 0 Å². The Bertz CT molecular complexity index is 950. The third-order valence-electron chi connectivity index (χ3n) is 3.37. The summed E-state index contributed by atoms with van der Waals surface area (Å²) in [5.41, 5.74) is -4.36. The molecule has 0 heterocycles. The molecule has 2 aromatic rings. The van der Waals surface area contributed by atoms with Crippen LogP contribution in [0.3, 0.4) is 0 Å². The molecule has 0 bridgehead atoms. The first-order valence-electron chi connectivity index (χ1n) is 6.93. The van der Waals surface area contributed by atoms with Crippen molar-refractivity contribution in [2.45, 2.75) is 0 Å². The minimum atomic E-state index is -1.95. The molecule has 0 saturated carbocycles. The van der Waals surface area contributed by atoms with Gasteiger partial charge < -0.3 is 10.2 Å². The number of carboxylic acid groups (broad SMARTS) is 2. The smallest absolute Gasteiger partial charge is 0.361 e. The highest BCUT2D eigenvalue weighted by atomic mass is 16.6. The molecular formula is C16H10N2O8. The highest BCUT2D eigenvalue weighted by Gasteiger charge is 2.38. The first-order valence-corrected chi connectivity index (χ1v) is 6.93. The minimum Gasteiger partial charge on any atom is -0.478 e. The van der Waals surface area contributed by atoms with Crippen molar-refractivity contribution in [3.05, 3.63) is 78.9 Å². The number of nitrogens with zero attached hydrogens (tertiary/aromatic N) is 2. The van der Waals surface area contributed by atoms with Gasteiger partial charge in [0.1, 0.15) is 0 Å². The molecule has 10 nitrogen and oxygen atoms in total. The maximum atomic E-state index is 11.5. The Hall–Kier alpha value is -4.08. The summed E-state index contributed by atoms with van der Waals surface area (Å²) in [5.74, 6) is -3.71. The summed E-state index contributed by atoms with van der Waals surface area (Å²) in [4.78, 5) is 42.8. The lowest BCUT2D eigenvalue weighted by Crippen LogP contribution is -2.15.